The molecule has 5 aromatic rings. The summed E-state index contributed by atoms with van der Waals surface area (Å²) in [5, 5.41) is 1.15. The van der Waals surface area contributed by atoms with Crippen molar-refractivity contribution in [2.75, 3.05) is 0 Å². The molecule has 0 aliphatic rings. The molecule has 31 heavy (non-hydrogen) atoms. The zero-order chi connectivity index (χ0) is 21.0. The van der Waals surface area contributed by atoms with Crippen molar-refractivity contribution < 1.29 is 4.42 Å². The molecule has 2 heteroatoms. The maximum atomic E-state index is 6.32. The molecule has 0 aliphatic carbocycles. The van der Waals surface area contributed by atoms with Crippen molar-refractivity contribution in [3.8, 4) is 22.5 Å². The third-order valence-corrected chi connectivity index (χ3v) is 6.60. The van der Waals surface area contributed by atoms with E-state index in [1.807, 2.05) is 18.2 Å². The lowest BCUT2D eigenvalue weighted by Gasteiger charge is -2.07. The molecular formula is C29H24OS. The standard InChI is InChI=1S/C29H24OS/c1-2-8-21-13-15-22(16-14-21)23-17-19-24(20-18-23)28-29(31-25-9-4-3-5-10-25)26-11-6-7-12-27(26)30-28/h3-7,9-20H,2,8H2,1H3. The second-order valence-corrected chi connectivity index (χ2v) is 8.78. The highest BCUT2D eigenvalue weighted by atomic mass is 32.2. The van der Waals surface area contributed by atoms with E-state index < -0.39 is 0 Å². The second kappa shape index (κ2) is 8.87. The van der Waals surface area contributed by atoms with Gasteiger partial charge in [-0.25, -0.2) is 0 Å². The number of hydrogen-bond acceptors (Lipinski definition) is 2. The fraction of sp³-hybridized carbons (Fsp3) is 0.103. The van der Waals surface area contributed by atoms with Crippen molar-refractivity contribution in [3.05, 3.63) is 109 Å². The minimum atomic E-state index is 0.923. The molecule has 0 amide bonds. The molecule has 0 fully saturated rings. The summed E-state index contributed by atoms with van der Waals surface area (Å²) in [5.41, 5.74) is 5.88. The van der Waals surface area contributed by atoms with Crippen LogP contribution in [-0.2, 0) is 6.42 Å². The molecule has 0 bridgehead atoms. The van der Waals surface area contributed by atoms with Gasteiger partial charge in [-0.3, -0.25) is 0 Å². The molecule has 1 nitrogen and oxygen atoms in total. The van der Waals surface area contributed by atoms with E-state index in [9.17, 15) is 0 Å². The number of hydrogen-bond donors (Lipinski definition) is 0. The second-order valence-electron chi connectivity index (χ2n) is 7.70. The van der Waals surface area contributed by atoms with Crippen LogP contribution in [0, 0.1) is 0 Å². The van der Waals surface area contributed by atoms with Gasteiger partial charge in [0.25, 0.3) is 0 Å². The van der Waals surface area contributed by atoms with E-state index >= 15 is 0 Å². The maximum Gasteiger partial charge on any atom is 0.149 e. The first-order valence-electron chi connectivity index (χ1n) is 10.8. The first kappa shape index (κ1) is 19.7. The Kier molecular flexibility index (Phi) is 5.64. The van der Waals surface area contributed by atoms with Crippen LogP contribution in [0.1, 0.15) is 18.9 Å². The van der Waals surface area contributed by atoms with Gasteiger partial charge in [0.2, 0.25) is 0 Å². The van der Waals surface area contributed by atoms with Gasteiger partial charge in [-0.05, 0) is 47.4 Å². The Morgan fingerprint density at radius 3 is 1.97 bits per heavy atom. The summed E-state index contributed by atoms with van der Waals surface area (Å²) < 4.78 is 6.32. The van der Waals surface area contributed by atoms with Gasteiger partial charge in [-0.2, -0.15) is 0 Å². The zero-order valence-corrected chi connectivity index (χ0v) is 18.4. The largest absolute Gasteiger partial charge is 0.455 e. The lowest BCUT2D eigenvalue weighted by molar-refractivity contribution is 0.625. The van der Waals surface area contributed by atoms with E-state index in [-0.39, 0.29) is 0 Å². The van der Waals surface area contributed by atoms with Crippen molar-refractivity contribution in [3.63, 3.8) is 0 Å². The lowest BCUT2D eigenvalue weighted by atomic mass is 10.0. The number of rotatable bonds is 6. The summed E-state index contributed by atoms with van der Waals surface area (Å²) in [5.74, 6) is 0.930. The van der Waals surface area contributed by atoms with Crippen molar-refractivity contribution in [2.24, 2.45) is 0 Å². The van der Waals surface area contributed by atoms with Crippen LogP contribution in [0.2, 0.25) is 0 Å². The average molecular weight is 421 g/mol. The van der Waals surface area contributed by atoms with Gasteiger partial charge in [0, 0.05) is 15.8 Å². The highest BCUT2D eigenvalue weighted by Crippen LogP contribution is 2.43. The van der Waals surface area contributed by atoms with Crippen LogP contribution < -0.4 is 0 Å². The Morgan fingerprint density at radius 1 is 0.645 bits per heavy atom. The third-order valence-electron chi connectivity index (χ3n) is 5.49. The van der Waals surface area contributed by atoms with Crippen LogP contribution in [0.4, 0.5) is 0 Å². The number of furan rings is 1. The van der Waals surface area contributed by atoms with Crippen molar-refractivity contribution >= 4 is 22.7 Å². The van der Waals surface area contributed by atoms with Crippen molar-refractivity contribution in [1.29, 1.82) is 0 Å². The predicted octanol–water partition coefficient (Wildman–Crippen LogP) is 8.87. The molecule has 1 aromatic heterocycles. The van der Waals surface area contributed by atoms with E-state index in [1.54, 1.807) is 11.8 Å². The smallest absolute Gasteiger partial charge is 0.149 e. The van der Waals surface area contributed by atoms with Crippen molar-refractivity contribution in [1.82, 2.24) is 0 Å². The van der Waals surface area contributed by atoms with Gasteiger partial charge in [0.05, 0.1) is 4.90 Å². The topological polar surface area (TPSA) is 13.1 Å². The molecule has 0 saturated heterocycles. The predicted molar refractivity (Wildman–Crippen MR) is 132 cm³/mol. The Morgan fingerprint density at radius 2 is 1.26 bits per heavy atom. The fourth-order valence-electron chi connectivity index (χ4n) is 3.89. The van der Waals surface area contributed by atoms with Gasteiger partial charge in [0.15, 0.2) is 0 Å². The average Bonchev–Trinajstić information content (AvgIpc) is 3.19. The van der Waals surface area contributed by atoms with Crippen molar-refractivity contribution in [2.45, 2.75) is 29.6 Å². The Labute approximate surface area is 187 Å². The van der Waals surface area contributed by atoms with Crippen LogP contribution in [0.5, 0.6) is 0 Å². The highest BCUT2D eigenvalue weighted by molar-refractivity contribution is 7.99. The van der Waals surface area contributed by atoms with Crippen LogP contribution in [0.25, 0.3) is 33.4 Å². The zero-order valence-electron chi connectivity index (χ0n) is 17.5. The van der Waals surface area contributed by atoms with Gasteiger partial charge in [-0.1, -0.05) is 104 Å². The van der Waals surface area contributed by atoms with Gasteiger partial charge in [-0.15, -0.1) is 0 Å². The maximum absolute atomic E-state index is 6.32. The van der Waals surface area contributed by atoms with Crippen LogP contribution in [0.15, 0.2) is 117 Å². The van der Waals surface area contributed by atoms with Crippen LogP contribution in [0.3, 0.4) is 0 Å². The first-order valence-corrected chi connectivity index (χ1v) is 11.6. The normalized spacial score (nSPS) is 11.1. The first-order chi connectivity index (χ1) is 15.3. The molecule has 0 spiro atoms. The molecule has 0 atom stereocenters. The molecule has 4 aromatic carbocycles. The summed E-state index contributed by atoms with van der Waals surface area (Å²) in [6.45, 7) is 2.22. The molecule has 0 unspecified atom stereocenters. The summed E-state index contributed by atoms with van der Waals surface area (Å²) in [6, 6.07) is 36.4. The van der Waals surface area contributed by atoms with E-state index in [0.717, 1.165) is 28.7 Å². The number of para-hydroxylation sites is 1. The minimum Gasteiger partial charge on any atom is -0.455 e. The fourth-order valence-corrected chi connectivity index (χ4v) is 4.95. The Hall–Kier alpha value is -3.23. The molecule has 0 N–H and O–H groups in total. The molecule has 1 heterocycles. The molecule has 0 saturated carbocycles. The monoisotopic (exact) mass is 420 g/mol. The molecule has 0 radical (unpaired) electrons. The quantitative estimate of drug-likeness (QED) is 0.272. The Balaban J connectivity index is 1.51. The summed E-state index contributed by atoms with van der Waals surface area (Å²) in [4.78, 5) is 2.37. The van der Waals surface area contributed by atoms with E-state index in [2.05, 4.69) is 91.9 Å². The Bertz CT molecular complexity index is 1280. The number of aryl methyl sites for hydroxylation is 1. The van der Waals surface area contributed by atoms with Gasteiger partial charge < -0.3 is 4.42 Å². The van der Waals surface area contributed by atoms with E-state index in [1.165, 1.54) is 32.9 Å². The summed E-state index contributed by atoms with van der Waals surface area (Å²) in [6.07, 6.45) is 2.31. The van der Waals surface area contributed by atoms with Crippen LogP contribution >= 0.6 is 11.8 Å². The highest BCUT2D eigenvalue weighted by Gasteiger charge is 2.17. The van der Waals surface area contributed by atoms with E-state index in [4.69, 9.17) is 4.42 Å². The van der Waals surface area contributed by atoms with E-state index in [0.29, 0.717) is 0 Å². The third kappa shape index (κ3) is 4.17. The van der Waals surface area contributed by atoms with Gasteiger partial charge in [0.1, 0.15) is 11.3 Å². The molecule has 0 aliphatic heterocycles. The van der Waals surface area contributed by atoms with Gasteiger partial charge >= 0.3 is 0 Å². The number of fused-ring (bicyclic) bond motifs is 1. The molecule has 152 valence electrons. The number of benzene rings is 4. The molecular weight excluding hydrogens is 396 g/mol. The molecule has 5 rings (SSSR count). The SMILES string of the molecule is CCCc1ccc(-c2ccc(-c3oc4ccccc4c3Sc3ccccc3)cc2)cc1. The summed E-state index contributed by atoms with van der Waals surface area (Å²) in [7, 11) is 0. The summed E-state index contributed by atoms with van der Waals surface area (Å²) >= 11 is 1.76. The minimum absolute atomic E-state index is 0.923. The van der Waals surface area contributed by atoms with Crippen LogP contribution in [-0.4, -0.2) is 0 Å². The lowest BCUT2D eigenvalue weighted by Crippen LogP contribution is -1.84.